The highest BCUT2D eigenvalue weighted by Crippen LogP contribution is 2.32. The van der Waals surface area contributed by atoms with E-state index in [0.717, 1.165) is 6.07 Å². The number of carbonyl (C=O) groups is 1. The average Bonchev–Trinajstić information content (AvgIpc) is 2.36. The molecule has 0 bridgehead atoms. The number of carboxylic acids is 1. The summed E-state index contributed by atoms with van der Waals surface area (Å²) in [6, 6.07) is 1.92. The molecule has 1 aromatic rings. The molecule has 8 heteroatoms. The lowest BCUT2D eigenvalue weighted by Gasteiger charge is -2.20. The van der Waals surface area contributed by atoms with Crippen LogP contribution < -0.4 is 5.73 Å². The van der Waals surface area contributed by atoms with Crippen LogP contribution in [0.25, 0.3) is 0 Å². The van der Waals surface area contributed by atoms with E-state index in [1.807, 2.05) is 0 Å². The predicted octanol–water partition coefficient (Wildman–Crippen LogP) is 1.15. The van der Waals surface area contributed by atoms with Gasteiger partial charge in [0.15, 0.2) is 0 Å². The van der Waals surface area contributed by atoms with Crippen LogP contribution in [0.2, 0.25) is 0 Å². The van der Waals surface area contributed by atoms with Crippen LogP contribution in [0.5, 0.6) is 0 Å². The van der Waals surface area contributed by atoms with Crippen LogP contribution >= 0.6 is 0 Å². The van der Waals surface area contributed by atoms with Gasteiger partial charge in [-0.2, -0.15) is 13.2 Å². The highest BCUT2D eigenvalue weighted by atomic mass is 19.4. The lowest BCUT2D eigenvalue weighted by atomic mass is 9.95. The smallest absolute Gasteiger partial charge is 0.416 e. The molecular formula is C12H14F3NO4. The normalized spacial score (nSPS) is 14.9. The lowest BCUT2D eigenvalue weighted by molar-refractivity contribution is -0.137. The number of aliphatic hydroxyl groups excluding tert-OH is 2. The van der Waals surface area contributed by atoms with Gasteiger partial charge in [0.1, 0.15) is 6.10 Å². The minimum Gasteiger partial charge on any atom is -0.478 e. The van der Waals surface area contributed by atoms with E-state index >= 15 is 0 Å². The molecule has 20 heavy (non-hydrogen) atoms. The Hall–Kier alpha value is -1.64. The predicted molar refractivity (Wildman–Crippen MR) is 63.0 cm³/mol. The van der Waals surface area contributed by atoms with E-state index in [4.69, 9.17) is 10.8 Å². The van der Waals surface area contributed by atoms with Crippen molar-refractivity contribution in [3.05, 3.63) is 34.9 Å². The van der Waals surface area contributed by atoms with Crippen molar-refractivity contribution in [3.63, 3.8) is 0 Å². The summed E-state index contributed by atoms with van der Waals surface area (Å²) in [5, 5.41) is 28.3. The van der Waals surface area contributed by atoms with Gasteiger partial charge in [-0.3, -0.25) is 0 Å². The Balaban J connectivity index is 3.24. The van der Waals surface area contributed by atoms with Gasteiger partial charge in [-0.05, 0) is 30.7 Å². The monoisotopic (exact) mass is 293 g/mol. The largest absolute Gasteiger partial charge is 0.478 e. The van der Waals surface area contributed by atoms with Gasteiger partial charge in [-0.15, -0.1) is 0 Å². The van der Waals surface area contributed by atoms with Crippen molar-refractivity contribution in [3.8, 4) is 0 Å². The fraction of sp³-hybridized carbons (Fsp3) is 0.417. The van der Waals surface area contributed by atoms with Crippen molar-refractivity contribution in [2.75, 3.05) is 6.54 Å². The third-order valence-electron chi connectivity index (χ3n) is 2.76. The van der Waals surface area contributed by atoms with Crippen LogP contribution in [0.4, 0.5) is 13.2 Å². The summed E-state index contributed by atoms with van der Waals surface area (Å²) < 4.78 is 37.6. The number of nitrogens with two attached hydrogens (primary N) is 1. The van der Waals surface area contributed by atoms with E-state index in [-0.39, 0.29) is 18.5 Å². The average molecular weight is 293 g/mol. The number of aromatic carboxylic acids is 1. The zero-order valence-electron chi connectivity index (χ0n) is 10.3. The number of halogens is 3. The third kappa shape index (κ3) is 3.69. The number of carboxylic acid groups (broad SMARTS) is 1. The lowest BCUT2D eigenvalue weighted by Crippen LogP contribution is -2.24. The second-order valence-electron chi connectivity index (χ2n) is 4.19. The minimum atomic E-state index is -4.69. The molecule has 0 saturated carbocycles. The first-order valence-electron chi connectivity index (χ1n) is 5.69. The minimum absolute atomic E-state index is 0.0127. The van der Waals surface area contributed by atoms with Crippen LogP contribution in [-0.2, 0) is 6.18 Å². The summed E-state index contributed by atoms with van der Waals surface area (Å²) in [5.41, 5.74) is 3.06. The van der Waals surface area contributed by atoms with Gasteiger partial charge in [0.2, 0.25) is 0 Å². The number of benzene rings is 1. The molecule has 1 rings (SSSR count). The summed E-state index contributed by atoms with van der Waals surface area (Å²) in [6.07, 6.45) is -7.67. The number of hydrogen-bond acceptors (Lipinski definition) is 4. The molecule has 0 aromatic heterocycles. The van der Waals surface area contributed by atoms with Gasteiger partial charge in [0.05, 0.1) is 17.2 Å². The molecule has 0 aliphatic heterocycles. The van der Waals surface area contributed by atoms with Crippen LogP contribution in [-0.4, -0.2) is 33.9 Å². The maximum atomic E-state index is 12.5. The Bertz CT molecular complexity index is 490. The Morgan fingerprint density at radius 2 is 1.90 bits per heavy atom. The molecule has 0 fully saturated rings. The van der Waals surface area contributed by atoms with E-state index in [2.05, 4.69) is 0 Å². The van der Waals surface area contributed by atoms with Crippen molar-refractivity contribution in [2.45, 2.75) is 24.8 Å². The molecule has 2 unspecified atom stereocenters. The fourth-order valence-corrected chi connectivity index (χ4v) is 1.71. The first-order chi connectivity index (χ1) is 9.18. The zero-order chi connectivity index (χ0) is 15.5. The van der Waals surface area contributed by atoms with Crippen molar-refractivity contribution in [2.24, 2.45) is 5.73 Å². The van der Waals surface area contributed by atoms with Crippen molar-refractivity contribution in [1.82, 2.24) is 0 Å². The molecule has 1 aromatic carbocycles. The first-order valence-corrected chi connectivity index (χ1v) is 5.69. The molecule has 0 aliphatic carbocycles. The standard InChI is InChI=1S/C12H14F3NO4/c13-12(14,15)6-1-2-7(8(5-6)11(19)20)10(18)9(17)3-4-16/h1-2,5,9-10,17-18H,3-4,16H2,(H,19,20). The quantitative estimate of drug-likeness (QED) is 0.652. The topological polar surface area (TPSA) is 104 Å². The van der Waals surface area contributed by atoms with Crippen LogP contribution in [0.15, 0.2) is 18.2 Å². The highest BCUT2D eigenvalue weighted by molar-refractivity contribution is 5.89. The van der Waals surface area contributed by atoms with E-state index < -0.39 is 35.5 Å². The maximum absolute atomic E-state index is 12.5. The highest BCUT2D eigenvalue weighted by Gasteiger charge is 2.33. The summed E-state index contributed by atoms with van der Waals surface area (Å²) >= 11 is 0. The van der Waals surface area contributed by atoms with Gasteiger partial charge in [0.25, 0.3) is 0 Å². The van der Waals surface area contributed by atoms with Gasteiger partial charge >= 0.3 is 12.1 Å². The number of aliphatic hydroxyl groups is 2. The molecule has 0 amide bonds. The fourth-order valence-electron chi connectivity index (χ4n) is 1.71. The van der Waals surface area contributed by atoms with Gasteiger partial charge < -0.3 is 21.1 Å². The number of rotatable bonds is 5. The van der Waals surface area contributed by atoms with Gasteiger partial charge in [-0.25, -0.2) is 4.79 Å². The Labute approximate surface area is 112 Å². The molecule has 0 aliphatic rings. The Kier molecular flexibility index (Phi) is 5.09. The molecule has 0 radical (unpaired) electrons. The van der Waals surface area contributed by atoms with Crippen LogP contribution in [0, 0.1) is 0 Å². The van der Waals surface area contributed by atoms with Crippen molar-refractivity contribution < 1.29 is 33.3 Å². The molecule has 112 valence electrons. The molecular weight excluding hydrogens is 279 g/mol. The van der Waals surface area contributed by atoms with E-state index in [9.17, 15) is 28.2 Å². The molecule has 2 atom stereocenters. The summed E-state index contributed by atoms with van der Waals surface area (Å²) in [5.74, 6) is -1.62. The molecule has 0 spiro atoms. The summed E-state index contributed by atoms with van der Waals surface area (Å²) in [7, 11) is 0. The summed E-state index contributed by atoms with van der Waals surface area (Å²) in [6.45, 7) is 0.0429. The maximum Gasteiger partial charge on any atom is 0.416 e. The van der Waals surface area contributed by atoms with E-state index in [1.54, 1.807) is 0 Å². The Morgan fingerprint density at radius 1 is 1.30 bits per heavy atom. The second-order valence-corrected chi connectivity index (χ2v) is 4.19. The molecule has 0 saturated heterocycles. The number of alkyl halides is 3. The third-order valence-corrected chi connectivity index (χ3v) is 2.76. The van der Waals surface area contributed by atoms with Crippen LogP contribution in [0.1, 0.15) is 34.0 Å². The zero-order valence-corrected chi connectivity index (χ0v) is 10.3. The van der Waals surface area contributed by atoms with Crippen molar-refractivity contribution in [1.29, 1.82) is 0 Å². The molecule has 5 N–H and O–H groups in total. The molecule has 0 heterocycles. The van der Waals surface area contributed by atoms with Gasteiger partial charge in [0, 0.05) is 0 Å². The SMILES string of the molecule is NCCC(O)C(O)c1ccc(C(F)(F)F)cc1C(=O)O. The van der Waals surface area contributed by atoms with Gasteiger partial charge in [-0.1, -0.05) is 6.07 Å². The summed E-state index contributed by atoms with van der Waals surface area (Å²) in [4.78, 5) is 11.0. The van der Waals surface area contributed by atoms with Crippen LogP contribution in [0.3, 0.4) is 0 Å². The molecule has 5 nitrogen and oxygen atoms in total. The van der Waals surface area contributed by atoms with E-state index in [1.165, 1.54) is 0 Å². The van der Waals surface area contributed by atoms with E-state index in [0.29, 0.717) is 12.1 Å². The number of hydrogen-bond donors (Lipinski definition) is 4. The second kappa shape index (κ2) is 6.21. The first kappa shape index (κ1) is 16.4. The van der Waals surface area contributed by atoms with Crippen molar-refractivity contribution >= 4 is 5.97 Å². The Morgan fingerprint density at radius 3 is 2.35 bits per heavy atom.